The molecule has 2 heterocycles. The summed E-state index contributed by atoms with van der Waals surface area (Å²) in [5.41, 5.74) is -2.47. The molecule has 2 N–H and O–H groups in total. The predicted molar refractivity (Wildman–Crippen MR) is 81.3 cm³/mol. The number of anilines is 1. The average molecular weight is 363 g/mol. The van der Waals surface area contributed by atoms with Gasteiger partial charge in [-0.15, -0.1) is 0 Å². The fraction of sp³-hybridized carbons (Fsp3) is 0.438. The maximum atomic E-state index is 13.0. The number of fused-ring (bicyclic) bond motifs is 1. The molecule has 0 amide bonds. The summed E-state index contributed by atoms with van der Waals surface area (Å²) in [4.78, 5) is 3.38. The number of halogens is 6. The van der Waals surface area contributed by atoms with E-state index in [9.17, 15) is 26.3 Å². The molecule has 1 atom stereocenters. The largest absolute Gasteiger partial charge is 0.433 e. The molecule has 136 valence electrons. The normalized spacial score (nSPS) is 18.7. The van der Waals surface area contributed by atoms with E-state index in [-0.39, 0.29) is 22.6 Å². The molecule has 0 aliphatic carbocycles. The molecular weight excluding hydrogens is 348 g/mol. The minimum Gasteiger partial charge on any atom is -0.383 e. The van der Waals surface area contributed by atoms with E-state index in [1.807, 2.05) is 0 Å². The average Bonchev–Trinajstić information content (AvgIpc) is 3.03. The molecule has 1 aliphatic rings. The minimum absolute atomic E-state index is 0.118. The molecule has 0 spiro atoms. The number of hydrogen-bond acceptors (Lipinski definition) is 3. The van der Waals surface area contributed by atoms with Gasteiger partial charge in [0.15, 0.2) is 0 Å². The quantitative estimate of drug-likeness (QED) is 0.792. The zero-order valence-electron chi connectivity index (χ0n) is 12.9. The van der Waals surface area contributed by atoms with Gasteiger partial charge in [0.25, 0.3) is 0 Å². The van der Waals surface area contributed by atoms with Crippen molar-refractivity contribution in [2.75, 3.05) is 18.4 Å². The third-order valence-corrected chi connectivity index (χ3v) is 4.13. The standard InChI is InChI=1S/C16H15F6N3/c17-15(18,19)9-3-4-11-12(24-8-10-2-1-5-23-10)7-14(16(20,21)22)25-13(11)6-9/h3-4,6-7,10,23H,1-2,5,8H2,(H,24,25)/t10-/m0/s1. The van der Waals surface area contributed by atoms with Gasteiger partial charge in [0, 0.05) is 23.7 Å². The summed E-state index contributed by atoms with van der Waals surface area (Å²) in [5.74, 6) is 0. The number of nitrogens with zero attached hydrogens (tertiary/aromatic N) is 1. The Morgan fingerprint density at radius 2 is 1.84 bits per heavy atom. The molecule has 3 nitrogen and oxygen atoms in total. The Hall–Kier alpha value is -2.03. The third-order valence-electron chi connectivity index (χ3n) is 4.13. The molecule has 0 unspecified atom stereocenters. The van der Waals surface area contributed by atoms with Crippen LogP contribution in [-0.4, -0.2) is 24.1 Å². The second-order valence-electron chi connectivity index (χ2n) is 5.96. The maximum Gasteiger partial charge on any atom is 0.433 e. The first-order valence-electron chi connectivity index (χ1n) is 7.71. The van der Waals surface area contributed by atoms with Crippen LogP contribution >= 0.6 is 0 Å². The third kappa shape index (κ3) is 3.97. The predicted octanol–water partition coefficient (Wildman–Crippen LogP) is 4.44. The molecule has 2 aromatic rings. The van der Waals surface area contributed by atoms with E-state index < -0.39 is 23.6 Å². The van der Waals surface area contributed by atoms with Gasteiger partial charge in [-0.1, -0.05) is 6.07 Å². The number of rotatable bonds is 3. The van der Waals surface area contributed by atoms with Crippen LogP contribution in [0.4, 0.5) is 32.0 Å². The van der Waals surface area contributed by atoms with E-state index in [0.29, 0.717) is 12.6 Å². The summed E-state index contributed by atoms with van der Waals surface area (Å²) in [6, 6.07) is 3.59. The van der Waals surface area contributed by atoms with Crippen LogP contribution in [0, 0.1) is 0 Å². The van der Waals surface area contributed by atoms with E-state index in [4.69, 9.17) is 0 Å². The Balaban J connectivity index is 2.03. The van der Waals surface area contributed by atoms with Crippen LogP contribution in [0.25, 0.3) is 10.9 Å². The molecule has 0 bridgehead atoms. The molecule has 25 heavy (non-hydrogen) atoms. The first-order valence-corrected chi connectivity index (χ1v) is 7.71. The van der Waals surface area contributed by atoms with Crippen LogP contribution < -0.4 is 10.6 Å². The van der Waals surface area contributed by atoms with Crippen molar-refractivity contribution in [1.82, 2.24) is 10.3 Å². The van der Waals surface area contributed by atoms with Gasteiger partial charge in [0.2, 0.25) is 0 Å². The van der Waals surface area contributed by atoms with Crippen molar-refractivity contribution >= 4 is 16.6 Å². The maximum absolute atomic E-state index is 13.0. The van der Waals surface area contributed by atoms with Crippen molar-refractivity contribution in [3.8, 4) is 0 Å². The van der Waals surface area contributed by atoms with Crippen LogP contribution in [0.15, 0.2) is 24.3 Å². The first-order chi connectivity index (χ1) is 11.6. The van der Waals surface area contributed by atoms with Gasteiger partial charge >= 0.3 is 12.4 Å². The second kappa shape index (κ2) is 6.36. The van der Waals surface area contributed by atoms with E-state index in [2.05, 4.69) is 15.6 Å². The molecule has 3 rings (SSSR count). The van der Waals surface area contributed by atoms with Gasteiger partial charge in [-0.25, -0.2) is 4.98 Å². The van der Waals surface area contributed by atoms with Crippen molar-refractivity contribution in [3.63, 3.8) is 0 Å². The van der Waals surface area contributed by atoms with Gasteiger partial charge in [-0.3, -0.25) is 0 Å². The van der Waals surface area contributed by atoms with E-state index in [1.54, 1.807) is 0 Å². The molecular formula is C16H15F6N3. The summed E-state index contributed by atoms with van der Waals surface area (Å²) in [5, 5.41) is 6.34. The highest BCUT2D eigenvalue weighted by Gasteiger charge is 2.35. The highest BCUT2D eigenvalue weighted by molar-refractivity contribution is 5.92. The number of pyridine rings is 1. The smallest absolute Gasteiger partial charge is 0.383 e. The lowest BCUT2D eigenvalue weighted by molar-refractivity contribution is -0.140. The van der Waals surface area contributed by atoms with E-state index >= 15 is 0 Å². The molecule has 0 saturated carbocycles. The zero-order valence-corrected chi connectivity index (χ0v) is 12.9. The lowest BCUT2D eigenvalue weighted by Gasteiger charge is -2.17. The van der Waals surface area contributed by atoms with Crippen molar-refractivity contribution < 1.29 is 26.3 Å². The number of hydrogen-bond donors (Lipinski definition) is 2. The monoisotopic (exact) mass is 363 g/mol. The second-order valence-corrected chi connectivity index (χ2v) is 5.96. The Morgan fingerprint density at radius 1 is 1.08 bits per heavy atom. The highest BCUT2D eigenvalue weighted by Crippen LogP contribution is 2.36. The Labute approximate surface area is 139 Å². The van der Waals surface area contributed by atoms with Gasteiger partial charge in [0.05, 0.1) is 11.1 Å². The minimum atomic E-state index is -4.75. The molecule has 1 aliphatic heterocycles. The van der Waals surface area contributed by atoms with Crippen LogP contribution in [0.5, 0.6) is 0 Å². The summed E-state index contributed by atoms with van der Waals surface area (Å²) in [6.07, 6.45) is -7.53. The van der Waals surface area contributed by atoms with Crippen molar-refractivity contribution in [2.45, 2.75) is 31.2 Å². The molecule has 9 heteroatoms. The van der Waals surface area contributed by atoms with Crippen LogP contribution in [0.3, 0.4) is 0 Å². The van der Waals surface area contributed by atoms with E-state index in [0.717, 1.165) is 37.6 Å². The van der Waals surface area contributed by atoms with Crippen LogP contribution in [0.1, 0.15) is 24.1 Å². The molecule has 1 aromatic carbocycles. The van der Waals surface area contributed by atoms with Gasteiger partial charge in [0.1, 0.15) is 5.69 Å². The summed E-state index contributed by atoms with van der Waals surface area (Å²) in [6.45, 7) is 1.23. The lowest BCUT2D eigenvalue weighted by Crippen LogP contribution is -2.29. The topological polar surface area (TPSA) is 37.0 Å². The Bertz CT molecular complexity index is 758. The summed E-state index contributed by atoms with van der Waals surface area (Å²) in [7, 11) is 0. The van der Waals surface area contributed by atoms with Crippen molar-refractivity contribution in [3.05, 3.63) is 35.5 Å². The summed E-state index contributed by atoms with van der Waals surface area (Å²) < 4.78 is 77.6. The molecule has 1 aromatic heterocycles. The van der Waals surface area contributed by atoms with Crippen molar-refractivity contribution in [2.24, 2.45) is 0 Å². The van der Waals surface area contributed by atoms with Gasteiger partial charge in [-0.2, -0.15) is 26.3 Å². The SMILES string of the molecule is FC(F)(F)c1ccc2c(NC[C@@H]3CCCN3)cc(C(F)(F)F)nc2c1. The highest BCUT2D eigenvalue weighted by atomic mass is 19.4. The Morgan fingerprint density at radius 3 is 2.44 bits per heavy atom. The molecule has 1 fully saturated rings. The first kappa shape index (κ1) is 17.8. The fourth-order valence-corrected chi connectivity index (χ4v) is 2.86. The number of benzene rings is 1. The van der Waals surface area contributed by atoms with Gasteiger partial charge < -0.3 is 10.6 Å². The molecule has 1 saturated heterocycles. The summed E-state index contributed by atoms with van der Waals surface area (Å²) >= 11 is 0. The number of alkyl halides is 6. The molecule has 0 radical (unpaired) electrons. The van der Waals surface area contributed by atoms with Crippen molar-refractivity contribution in [1.29, 1.82) is 0 Å². The number of nitrogens with one attached hydrogen (secondary N) is 2. The lowest BCUT2D eigenvalue weighted by atomic mass is 10.1. The van der Waals surface area contributed by atoms with Crippen LogP contribution in [-0.2, 0) is 12.4 Å². The fourth-order valence-electron chi connectivity index (χ4n) is 2.86. The zero-order chi connectivity index (χ0) is 18.2. The van der Waals surface area contributed by atoms with Gasteiger partial charge in [-0.05, 0) is 37.6 Å². The Kier molecular flexibility index (Phi) is 4.52. The van der Waals surface area contributed by atoms with E-state index in [1.165, 1.54) is 0 Å². The number of aromatic nitrogens is 1. The van der Waals surface area contributed by atoms with Crippen LogP contribution in [0.2, 0.25) is 0 Å².